The smallest absolute Gasteiger partial charge is 0.435 e. The van der Waals surface area contributed by atoms with Crippen molar-refractivity contribution in [2.45, 2.75) is 51.9 Å². The van der Waals surface area contributed by atoms with Gasteiger partial charge < -0.3 is 18.9 Å². The van der Waals surface area contributed by atoms with Gasteiger partial charge in [-0.15, -0.1) is 0 Å². The first-order chi connectivity index (χ1) is 17.9. The highest BCUT2D eigenvalue weighted by atomic mass is 19.4. The second kappa shape index (κ2) is 10.4. The van der Waals surface area contributed by atoms with E-state index in [1.165, 1.54) is 6.20 Å². The van der Waals surface area contributed by atoms with Crippen LogP contribution < -0.4 is 4.74 Å². The molecule has 11 heteroatoms. The Labute approximate surface area is 218 Å². The van der Waals surface area contributed by atoms with Crippen LogP contribution in [0.1, 0.15) is 50.2 Å². The van der Waals surface area contributed by atoms with Gasteiger partial charge in [0.15, 0.2) is 5.69 Å². The molecule has 0 saturated heterocycles. The summed E-state index contributed by atoms with van der Waals surface area (Å²) in [4.78, 5) is 18.7. The van der Waals surface area contributed by atoms with Gasteiger partial charge in [-0.05, 0) is 43.7 Å². The first-order valence-electron chi connectivity index (χ1n) is 12.1. The third-order valence-corrected chi connectivity index (χ3v) is 6.11. The lowest BCUT2D eigenvalue weighted by molar-refractivity contribution is -0.142. The summed E-state index contributed by atoms with van der Waals surface area (Å²) in [6, 6.07) is 7.22. The van der Waals surface area contributed by atoms with Crippen molar-refractivity contribution < 1.29 is 27.4 Å². The average Bonchev–Trinajstić information content (AvgIpc) is 3.49. The predicted molar refractivity (Wildman–Crippen MR) is 136 cm³/mol. The summed E-state index contributed by atoms with van der Waals surface area (Å²) >= 11 is 0. The molecule has 0 spiro atoms. The number of hydrogen-bond acceptors (Lipinski definition) is 6. The molecule has 2 aromatic heterocycles. The molecule has 202 valence electrons. The molecule has 4 rings (SSSR count). The number of ether oxygens (including phenoxy) is 2. The Bertz CT molecular complexity index is 1320. The summed E-state index contributed by atoms with van der Waals surface area (Å²) in [6.07, 6.45) is 1.57. The van der Waals surface area contributed by atoms with Crippen LogP contribution in [0.2, 0.25) is 0 Å². The number of nitrogens with one attached hydrogen (secondary N) is 1. The Morgan fingerprint density at radius 3 is 2.55 bits per heavy atom. The lowest BCUT2D eigenvalue weighted by atomic mass is 9.81. The molecule has 38 heavy (non-hydrogen) atoms. The molecular weight excluding hydrogens is 499 g/mol. The highest BCUT2D eigenvalue weighted by Crippen LogP contribution is 2.43. The molecule has 0 bridgehead atoms. The lowest BCUT2D eigenvalue weighted by Crippen LogP contribution is -2.33. The van der Waals surface area contributed by atoms with Gasteiger partial charge in [-0.1, -0.05) is 20.4 Å². The van der Waals surface area contributed by atoms with Gasteiger partial charge in [-0.3, -0.25) is 5.10 Å². The van der Waals surface area contributed by atoms with Crippen molar-refractivity contribution in [3.8, 4) is 5.75 Å². The number of aromatic nitrogens is 4. The predicted octanol–water partition coefficient (Wildman–Crippen LogP) is 5.26. The number of imidazole rings is 1. The van der Waals surface area contributed by atoms with Crippen molar-refractivity contribution in [1.82, 2.24) is 24.6 Å². The van der Waals surface area contributed by atoms with Crippen molar-refractivity contribution >= 4 is 17.2 Å². The summed E-state index contributed by atoms with van der Waals surface area (Å²) in [5.74, 6) is -0.0961. The Kier molecular flexibility index (Phi) is 7.39. The Balaban J connectivity index is 1.62. The largest absolute Gasteiger partial charge is 0.492 e. The van der Waals surface area contributed by atoms with Crippen LogP contribution in [-0.2, 0) is 27.7 Å². The van der Waals surface area contributed by atoms with Gasteiger partial charge in [-0.25, -0.2) is 9.78 Å². The fourth-order valence-corrected chi connectivity index (χ4v) is 4.37. The fraction of sp³-hybridized carbons (Fsp3) is 0.370. The van der Waals surface area contributed by atoms with Crippen molar-refractivity contribution in [3.05, 3.63) is 78.3 Å². The first kappa shape index (κ1) is 27.0. The number of esters is 1. The van der Waals surface area contributed by atoms with Crippen LogP contribution in [0.5, 0.6) is 5.75 Å². The van der Waals surface area contributed by atoms with Gasteiger partial charge in [0.05, 0.1) is 24.7 Å². The van der Waals surface area contributed by atoms with Crippen LogP contribution in [0.4, 0.5) is 13.2 Å². The monoisotopic (exact) mass is 529 g/mol. The standard InChI is InChI=1S/C27H30F3N5O3/c1-17(2)38-25(36)21-14-35(15-26(4,5)22-23(21)32-33-24(22)27(28,29)30)18(3)19-6-8-20(9-7-19)37-13-12-34-11-10-31-16-34/h6-11,14,16-17H,3,12-13,15H2,1-2,4-5H3,(H,32,33). The van der Waals surface area contributed by atoms with E-state index in [0.29, 0.717) is 24.6 Å². The van der Waals surface area contributed by atoms with Crippen LogP contribution in [0.25, 0.3) is 11.3 Å². The molecule has 1 N–H and O–H groups in total. The maximum Gasteiger partial charge on any atom is 0.435 e. The van der Waals surface area contributed by atoms with Crippen LogP contribution in [0.3, 0.4) is 0 Å². The minimum absolute atomic E-state index is 0.00934. The van der Waals surface area contributed by atoms with Gasteiger partial charge in [0, 0.05) is 41.8 Å². The highest BCUT2D eigenvalue weighted by molar-refractivity contribution is 6.16. The molecule has 1 aromatic carbocycles. The van der Waals surface area contributed by atoms with E-state index in [4.69, 9.17) is 9.47 Å². The maximum atomic E-state index is 13.9. The normalized spacial score (nSPS) is 15.1. The zero-order chi connectivity index (χ0) is 27.7. The number of rotatable bonds is 8. The fourth-order valence-electron chi connectivity index (χ4n) is 4.37. The highest BCUT2D eigenvalue weighted by Gasteiger charge is 2.45. The van der Waals surface area contributed by atoms with Gasteiger partial charge in [0.25, 0.3) is 0 Å². The summed E-state index contributed by atoms with van der Waals surface area (Å²) < 4.78 is 54.7. The number of aromatic amines is 1. The zero-order valence-corrected chi connectivity index (χ0v) is 21.7. The topological polar surface area (TPSA) is 85.3 Å². The average molecular weight is 530 g/mol. The number of alkyl halides is 3. The van der Waals surface area contributed by atoms with Gasteiger partial charge in [-0.2, -0.15) is 18.3 Å². The molecule has 0 aliphatic carbocycles. The molecule has 8 nitrogen and oxygen atoms in total. The molecule has 0 fully saturated rings. The van der Waals surface area contributed by atoms with Crippen molar-refractivity contribution in [2.24, 2.45) is 0 Å². The Hall–Kier alpha value is -4.02. The quantitative estimate of drug-likeness (QED) is 0.401. The number of benzene rings is 1. The van der Waals surface area contributed by atoms with E-state index < -0.39 is 29.4 Å². The number of hydrogen-bond donors (Lipinski definition) is 1. The second-order valence-electron chi connectivity index (χ2n) is 9.95. The van der Waals surface area contributed by atoms with Crippen LogP contribution in [0.15, 0.2) is 55.8 Å². The van der Waals surface area contributed by atoms with E-state index in [0.717, 1.165) is 5.56 Å². The van der Waals surface area contributed by atoms with E-state index in [9.17, 15) is 18.0 Å². The Morgan fingerprint density at radius 1 is 1.24 bits per heavy atom. The minimum Gasteiger partial charge on any atom is -0.492 e. The molecule has 0 atom stereocenters. The van der Waals surface area contributed by atoms with E-state index in [1.54, 1.807) is 57.3 Å². The second-order valence-corrected chi connectivity index (χ2v) is 9.95. The molecule has 1 aliphatic heterocycles. The van der Waals surface area contributed by atoms with Crippen LogP contribution in [0, 0.1) is 0 Å². The Morgan fingerprint density at radius 2 is 1.95 bits per heavy atom. The van der Waals surface area contributed by atoms with Crippen LogP contribution >= 0.6 is 0 Å². The summed E-state index contributed by atoms with van der Waals surface area (Å²) in [6.45, 7) is 12.1. The third kappa shape index (κ3) is 5.76. The van der Waals surface area contributed by atoms with Crippen molar-refractivity contribution in [2.75, 3.05) is 13.2 Å². The summed E-state index contributed by atoms with van der Waals surface area (Å²) in [5, 5.41) is 5.99. The number of fused-ring (bicyclic) bond motifs is 1. The lowest BCUT2D eigenvalue weighted by Gasteiger charge is -2.32. The van der Waals surface area contributed by atoms with E-state index in [2.05, 4.69) is 21.8 Å². The molecule has 3 heterocycles. The molecule has 0 unspecified atom stereocenters. The molecule has 0 amide bonds. The number of carbonyl (C=O) groups is 1. The van der Waals surface area contributed by atoms with E-state index in [-0.39, 0.29) is 23.4 Å². The van der Waals surface area contributed by atoms with Crippen molar-refractivity contribution in [3.63, 3.8) is 0 Å². The molecule has 0 radical (unpaired) electrons. The molecule has 3 aromatic rings. The maximum absolute atomic E-state index is 13.9. The minimum atomic E-state index is -4.70. The third-order valence-electron chi connectivity index (χ3n) is 6.11. The number of halogens is 3. The molecule has 0 saturated carbocycles. The number of H-pyrrole nitrogens is 1. The molecular formula is C27H30F3N5O3. The van der Waals surface area contributed by atoms with E-state index in [1.807, 2.05) is 22.9 Å². The first-order valence-corrected chi connectivity index (χ1v) is 12.1. The van der Waals surface area contributed by atoms with Crippen LogP contribution in [-0.4, -0.2) is 49.9 Å². The number of nitrogens with zero attached hydrogens (tertiary/aromatic N) is 4. The summed E-state index contributed by atoms with van der Waals surface area (Å²) in [5.41, 5.74) is -1.03. The van der Waals surface area contributed by atoms with Gasteiger partial charge in [0.2, 0.25) is 0 Å². The van der Waals surface area contributed by atoms with Gasteiger partial charge >= 0.3 is 12.1 Å². The van der Waals surface area contributed by atoms with E-state index >= 15 is 0 Å². The van der Waals surface area contributed by atoms with Gasteiger partial charge in [0.1, 0.15) is 17.9 Å². The number of carbonyl (C=O) groups excluding carboxylic acids is 1. The molecule has 1 aliphatic rings. The summed E-state index contributed by atoms with van der Waals surface area (Å²) in [7, 11) is 0. The SMILES string of the molecule is C=C(c1ccc(OCCn2ccnc2)cc1)N1C=C(C(=O)OC(C)C)c2[nH]nc(C(F)(F)F)c2C(C)(C)C1. The van der Waals surface area contributed by atoms with Crippen molar-refractivity contribution in [1.29, 1.82) is 0 Å². The zero-order valence-electron chi connectivity index (χ0n) is 21.7.